The third kappa shape index (κ3) is 29.8. The van der Waals surface area contributed by atoms with Crippen LogP contribution in [0.3, 0.4) is 0 Å². The van der Waals surface area contributed by atoms with Crippen molar-refractivity contribution in [1.29, 1.82) is 0 Å². The molecule has 0 amide bonds. The number of hydrogen-bond donors (Lipinski definition) is 8. The molecule has 9 atom stereocenters. The Morgan fingerprint density at radius 1 is 0.562 bits per heavy atom. The molecule has 0 aromatic carbocycles. The van der Waals surface area contributed by atoms with Crippen molar-refractivity contribution in [2.75, 3.05) is 13.2 Å². The molecule has 0 saturated heterocycles. The number of allylic oxidation sites excluding steroid dienone is 11. The van der Waals surface area contributed by atoms with Gasteiger partial charge in [0.1, 0.15) is 43.2 Å². The number of phosphoric acid groups is 2. The Labute approximate surface area is 379 Å². The van der Waals surface area contributed by atoms with Crippen LogP contribution in [-0.4, -0.2) is 114 Å². The predicted octanol–water partition coefficient (Wildman–Crippen LogP) is 7.03. The number of carbonyl (C=O) groups excluding carboxylic acids is 2. The average Bonchev–Trinajstić information content (AvgIpc) is 3.24. The SMILES string of the molecule is CCC/C=C\C/C=C\CCCCCCCC(=O)O[C@H](COC(=O)CCC/C=C\C/C=C\C/C=C\C/C=C\[C@@H](O)CCCC)COP(=O)(O)O[C@H]1C(O)C(O)C(O)[C@@H](OP(=O)(O)O)C1O. The van der Waals surface area contributed by atoms with Gasteiger partial charge in [0.15, 0.2) is 6.10 Å². The van der Waals surface area contributed by atoms with Gasteiger partial charge >= 0.3 is 27.6 Å². The largest absolute Gasteiger partial charge is 0.472 e. The lowest BCUT2D eigenvalue weighted by Gasteiger charge is -2.43. The first-order valence-corrected chi connectivity index (χ1v) is 25.6. The van der Waals surface area contributed by atoms with E-state index in [0.29, 0.717) is 25.7 Å². The number of carbonyl (C=O) groups is 2. The summed E-state index contributed by atoms with van der Waals surface area (Å²) in [6.45, 7) is 2.80. The van der Waals surface area contributed by atoms with Crippen LogP contribution in [0.5, 0.6) is 0 Å². The first kappa shape index (κ1) is 59.4. The molecule has 0 aromatic rings. The fourth-order valence-corrected chi connectivity index (χ4v) is 7.79. The minimum Gasteiger partial charge on any atom is -0.462 e. The van der Waals surface area contributed by atoms with E-state index in [-0.39, 0.29) is 12.8 Å². The fourth-order valence-electron chi connectivity index (χ4n) is 6.25. The molecule has 8 N–H and O–H groups in total. The minimum absolute atomic E-state index is 0.00418. The van der Waals surface area contributed by atoms with Gasteiger partial charge in [0, 0.05) is 12.8 Å². The number of esters is 2. The van der Waals surface area contributed by atoms with Gasteiger partial charge in [0.2, 0.25) is 0 Å². The van der Waals surface area contributed by atoms with Gasteiger partial charge < -0.3 is 49.7 Å². The lowest BCUT2D eigenvalue weighted by Crippen LogP contribution is -2.64. The third-order valence-corrected chi connectivity index (χ3v) is 11.3. The first-order chi connectivity index (χ1) is 30.5. The maximum Gasteiger partial charge on any atom is 0.472 e. The molecule has 19 heteroatoms. The maximum absolute atomic E-state index is 13.0. The number of aliphatic hydroxyl groups is 5. The van der Waals surface area contributed by atoms with Crippen molar-refractivity contribution in [1.82, 2.24) is 0 Å². The van der Waals surface area contributed by atoms with Gasteiger partial charge in [-0.1, -0.05) is 125 Å². The number of aliphatic hydroxyl groups excluding tert-OH is 5. The zero-order chi connectivity index (χ0) is 47.6. The van der Waals surface area contributed by atoms with Crippen LogP contribution in [0.1, 0.15) is 136 Å². The number of hydrogen-bond acceptors (Lipinski definition) is 14. The van der Waals surface area contributed by atoms with Gasteiger partial charge in [-0.2, -0.15) is 0 Å². The number of rotatable bonds is 36. The van der Waals surface area contributed by atoms with Crippen LogP contribution in [-0.2, 0) is 41.8 Å². The molecule has 1 aliphatic carbocycles. The van der Waals surface area contributed by atoms with Gasteiger partial charge in [-0.05, 0) is 70.6 Å². The standard InChI is InChI=1S/C45H76O17P2/c1-3-5-7-8-9-10-11-12-17-20-23-26-29-33-39(48)60-37(35-59-64(56,57)62-45-42(51)40(49)41(50)44(43(45)52)61-63(53,54)55)34-58-38(47)32-28-25-22-19-16-14-13-15-18-21-24-27-31-36(46)30-6-4-2/h7-8,10-11,13-14,18-19,21-22,27,31,36-37,40-46,49-52H,3-6,9,12,15-17,20,23-26,28-30,32-35H2,1-2H3,(H,56,57)(H2,53,54,55)/b8-7-,11-10-,14-13-,21-18-,22-19-,31-27-/t36-,37+,40?,41?,42?,43?,44+,45-/m0/s1. The second-order valence-electron chi connectivity index (χ2n) is 15.6. The van der Waals surface area contributed by atoms with E-state index in [1.807, 2.05) is 42.5 Å². The quantitative estimate of drug-likeness (QED) is 0.0135. The lowest BCUT2D eigenvalue weighted by molar-refractivity contribution is -0.216. The smallest absolute Gasteiger partial charge is 0.462 e. The summed E-state index contributed by atoms with van der Waals surface area (Å²) in [6, 6.07) is 0. The van der Waals surface area contributed by atoms with Crippen molar-refractivity contribution in [2.45, 2.75) is 185 Å². The van der Waals surface area contributed by atoms with Crippen LogP contribution in [0.15, 0.2) is 72.9 Å². The topological polar surface area (TPSA) is 276 Å². The van der Waals surface area contributed by atoms with E-state index in [0.717, 1.165) is 83.5 Å². The van der Waals surface area contributed by atoms with E-state index in [2.05, 4.69) is 48.8 Å². The van der Waals surface area contributed by atoms with E-state index in [4.69, 9.17) is 28.3 Å². The molecule has 5 unspecified atom stereocenters. The van der Waals surface area contributed by atoms with E-state index in [1.54, 1.807) is 0 Å². The summed E-state index contributed by atoms with van der Waals surface area (Å²) >= 11 is 0. The summed E-state index contributed by atoms with van der Waals surface area (Å²) in [4.78, 5) is 54.1. The van der Waals surface area contributed by atoms with Crippen LogP contribution in [0.4, 0.5) is 0 Å². The van der Waals surface area contributed by atoms with Crippen LogP contribution in [0, 0.1) is 0 Å². The van der Waals surface area contributed by atoms with Crippen LogP contribution in [0.25, 0.3) is 0 Å². The van der Waals surface area contributed by atoms with Gasteiger partial charge in [0.05, 0.1) is 12.7 Å². The zero-order valence-electron chi connectivity index (χ0n) is 37.5. The normalized spacial score (nSPS) is 23.0. The summed E-state index contributed by atoms with van der Waals surface area (Å²) in [5.74, 6) is -1.32. The van der Waals surface area contributed by atoms with Crippen molar-refractivity contribution in [2.24, 2.45) is 0 Å². The summed E-state index contributed by atoms with van der Waals surface area (Å²) in [5.41, 5.74) is 0. The fraction of sp³-hybridized carbons (Fsp3) is 0.689. The number of phosphoric ester groups is 2. The van der Waals surface area contributed by atoms with Crippen LogP contribution in [0.2, 0.25) is 0 Å². The molecule has 1 aliphatic rings. The number of ether oxygens (including phenoxy) is 2. The van der Waals surface area contributed by atoms with Gasteiger partial charge in [-0.25, -0.2) is 9.13 Å². The van der Waals surface area contributed by atoms with Crippen molar-refractivity contribution in [3.05, 3.63) is 72.9 Å². The molecule has 0 radical (unpaired) electrons. The second-order valence-corrected chi connectivity index (χ2v) is 18.2. The summed E-state index contributed by atoms with van der Waals surface area (Å²) in [6.07, 6.45) is 23.5. The van der Waals surface area contributed by atoms with Gasteiger partial charge in [0.25, 0.3) is 0 Å². The number of unbranched alkanes of at least 4 members (excludes halogenated alkanes) is 8. The molecule has 1 fully saturated rings. The molecule has 0 aliphatic heterocycles. The molecular formula is C45H76O17P2. The Morgan fingerprint density at radius 2 is 1.08 bits per heavy atom. The molecule has 368 valence electrons. The Hall–Kier alpha value is -2.60. The Bertz CT molecular complexity index is 1540. The van der Waals surface area contributed by atoms with E-state index in [1.165, 1.54) is 0 Å². The molecule has 64 heavy (non-hydrogen) atoms. The van der Waals surface area contributed by atoms with Crippen molar-refractivity contribution in [3.8, 4) is 0 Å². The highest BCUT2D eigenvalue weighted by Gasteiger charge is 2.54. The van der Waals surface area contributed by atoms with E-state index < -0.39 is 89.6 Å². The highest BCUT2D eigenvalue weighted by molar-refractivity contribution is 7.47. The minimum atomic E-state index is -5.38. The predicted molar refractivity (Wildman–Crippen MR) is 242 cm³/mol. The molecular weight excluding hydrogens is 874 g/mol. The average molecular weight is 951 g/mol. The summed E-state index contributed by atoms with van der Waals surface area (Å²) in [7, 11) is -10.7. The third-order valence-electron chi connectivity index (χ3n) is 9.80. The Morgan fingerprint density at radius 3 is 1.67 bits per heavy atom. The summed E-state index contributed by atoms with van der Waals surface area (Å²) < 4.78 is 49.2. The van der Waals surface area contributed by atoms with Crippen molar-refractivity contribution in [3.63, 3.8) is 0 Å². The molecule has 17 nitrogen and oxygen atoms in total. The molecule has 1 rings (SSSR count). The molecule has 0 heterocycles. The molecule has 0 aromatic heterocycles. The van der Waals surface area contributed by atoms with Crippen LogP contribution >= 0.6 is 15.6 Å². The van der Waals surface area contributed by atoms with Crippen molar-refractivity contribution < 1.29 is 82.0 Å². The molecule has 0 spiro atoms. The summed E-state index contributed by atoms with van der Waals surface area (Å²) in [5, 5.41) is 51.0. The van der Waals surface area contributed by atoms with Crippen molar-refractivity contribution >= 4 is 27.6 Å². The first-order valence-electron chi connectivity index (χ1n) is 22.6. The zero-order valence-corrected chi connectivity index (χ0v) is 39.3. The van der Waals surface area contributed by atoms with E-state index in [9.17, 15) is 49.1 Å². The Kier molecular flexibility index (Phi) is 33.0. The molecule has 1 saturated carbocycles. The second kappa shape index (κ2) is 35.6. The monoisotopic (exact) mass is 950 g/mol. The maximum atomic E-state index is 13.0. The van der Waals surface area contributed by atoms with Gasteiger partial charge in [-0.15, -0.1) is 0 Å². The highest BCUT2D eigenvalue weighted by Crippen LogP contribution is 2.49. The molecule has 0 bridgehead atoms. The highest BCUT2D eigenvalue weighted by atomic mass is 31.2. The lowest BCUT2D eigenvalue weighted by atomic mass is 9.85. The Balaban J connectivity index is 2.67. The van der Waals surface area contributed by atoms with Gasteiger partial charge in [-0.3, -0.25) is 23.2 Å². The van der Waals surface area contributed by atoms with E-state index >= 15 is 0 Å². The van der Waals surface area contributed by atoms with Crippen LogP contribution < -0.4 is 0 Å².